The molecule has 6 nitrogen and oxygen atoms in total. The molecule has 0 rings (SSSR count). The number of hydrogen-bond donors (Lipinski definition) is 2. The van der Waals surface area contributed by atoms with Crippen molar-refractivity contribution in [3.63, 3.8) is 0 Å². The first-order valence-electron chi connectivity index (χ1n) is 3.97. The third-order valence-electron chi connectivity index (χ3n) is 1.39. The van der Waals surface area contributed by atoms with E-state index in [0.717, 1.165) is 0 Å². The Balaban J connectivity index is -0.000000333. The second-order valence-corrected chi connectivity index (χ2v) is 6.32. The molecule has 0 aromatic rings. The van der Waals surface area contributed by atoms with Crippen molar-refractivity contribution < 1.29 is 89.7 Å². The Morgan fingerprint density at radius 3 is 0.739 bits per heavy atom. The molecule has 0 spiro atoms. The van der Waals surface area contributed by atoms with E-state index >= 15 is 0 Å². The Morgan fingerprint density at radius 1 is 0.609 bits per heavy atom. The van der Waals surface area contributed by atoms with Crippen LogP contribution >= 0.6 is 15.2 Å². The van der Waals surface area contributed by atoms with E-state index in [2.05, 4.69) is 0 Å². The van der Waals surface area contributed by atoms with Crippen LogP contribution in [0.5, 0.6) is 0 Å². The van der Waals surface area contributed by atoms with Crippen LogP contribution < -0.4 is 9.79 Å². The average Bonchev–Trinajstić information content (AvgIpc) is 2.10. The maximum atomic E-state index is 11.5. The zero-order chi connectivity index (χ0) is 19.0. The van der Waals surface area contributed by atoms with Gasteiger partial charge in [-0.1, -0.05) is 0 Å². The predicted molar refractivity (Wildman–Crippen MR) is 41.7 cm³/mol. The van der Waals surface area contributed by atoms with Gasteiger partial charge in [-0.2, -0.15) is 43.9 Å². The average molecular weight is 462 g/mol. The Bertz CT molecular complexity index is 431. The molecule has 0 aromatic heterocycles. The van der Waals surface area contributed by atoms with Crippen molar-refractivity contribution in [3.05, 3.63) is 0 Å². The Morgan fingerprint density at radius 2 is 0.739 bits per heavy atom. The van der Waals surface area contributed by atoms with Crippen LogP contribution in [0.25, 0.3) is 0 Å². The fraction of sp³-hybridized carbons (Fsp3) is 1.00. The van der Waals surface area contributed by atoms with Crippen molar-refractivity contribution in [1.29, 1.82) is 0 Å². The molecule has 145 valence electrons. The van der Waals surface area contributed by atoms with Gasteiger partial charge in [0.25, 0.3) is 0 Å². The van der Waals surface area contributed by atoms with Gasteiger partial charge in [0.15, 0.2) is 0 Å². The van der Waals surface area contributed by atoms with Gasteiger partial charge >= 0.3 is 40.7 Å². The smallest absolute Gasteiger partial charge is 0.774 e. The largest absolute Gasteiger partial charge is 2.00 e. The molecule has 0 saturated carbocycles. The summed E-state index contributed by atoms with van der Waals surface area (Å²) in [5, 5.41) is 0. The van der Waals surface area contributed by atoms with E-state index < -0.39 is 38.9 Å². The Labute approximate surface area is 129 Å². The monoisotopic (exact) mass is 461 g/mol. The molecule has 0 aromatic carbocycles. The minimum atomic E-state index is -6.70. The molecule has 0 saturated heterocycles. The van der Waals surface area contributed by atoms with Crippen molar-refractivity contribution >= 4 is 15.2 Å². The molecule has 23 heavy (non-hydrogen) atoms. The van der Waals surface area contributed by atoms with Crippen LogP contribution in [-0.2, 0) is 26.2 Å². The molecule has 19 heteroatoms. The maximum absolute atomic E-state index is 11.5. The normalized spacial score (nSPS) is 18.7. The molecule has 1 radical (unpaired) electrons. The van der Waals surface area contributed by atoms with Crippen LogP contribution in [-0.4, -0.2) is 33.5 Å². The third kappa shape index (κ3) is 6.86. The zero-order valence-electron chi connectivity index (χ0n) is 9.50. The van der Waals surface area contributed by atoms with Crippen molar-refractivity contribution in [2.45, 2.75) is 23.7 Å². The quantitative estimate of drug-likeness (QED) is 0.364. The summed E-state index contributed by atoms with van der Waals surface area (Å²) in [6, 6.07) is 0. The van der Waals surface area contributed by atoms with Crippen molar-refractivity contribution in [2.75, 3.05) is 0 Å². The van der Waals surface area contributed by atoms with Crippen LogP contribution in [0.3, 0.4) is 0 Å². The molecule has 0 bridgehead atoms. The Kier molecular flexibility index (Phi) is 9.19. The van der Waals surface area contributed by atoms with Gasteiger partial charge in [0.1, 0.15) is 0 Å². The Hall–Kier alpha value is 0.119. The molecule has 2 atom stereocenters. The molecule has 2 N–H and O–H groups in total. The van der Waals surface area contributed by atoms with Crippen LogP contribution in [0.15, 0.2) is 0 Å². The van der Waals surface area contributed by atoms with Gasteiger partial charge in [-0.25, -0.2) is 0 Å². The van der Waals surface area contributed by atoms with Gasteiger partial charge < -0.3 is 28.7 Å². The van der Waals surface area contributed by atoms with Crippen molar-refractivity contribution in [2.24, 2.45) is 0 Å². The van der Waals surface area contributed by atoms with Crippen molar-refractivity contribution in [1.82, 2.24) is 0 Å². The summed E-state index contributed by atoms with van der Waals surface area (Å²) in [6.45, 7) is 0. The standard InChI is InChI=1S/2C2H2F5O3P.Cu/c2*3-1(4,5)2(6,7)11(8,9)10;/h2*(H2,8,9,10);/q;;+2/p-2. The summed E-state index contributed by atoms with van der Waals surface area (Å²) in [6.07, 6.45) is -12.6. The summed E-state index contributed by atoms with van der Waals surface area (Å²) in [4.78, 5) is 33.6. The fourth-order valence-electron chi connectivity index (χ4n) is 0.320. The molecular formula is C4H2CuF10O6P2. The summed E-state index contributed by atoms with van der Waals surface area (Å²) in [7, 11) is -13.4. The first-order chi connectivity index (χ1) is 9.00. The second-order valence-electron chi connectivity index (χ2n) is 3.12. The first kappa shape index (κ1) is 27.9. The van der Waals surface area contributed by atoms with E-state index in [0.29, 0.717) is 0 Å². The molecule has 0 aliphatic heterocycles. The van der Waals surface area contributed by atoms with Gasteiger partial charge in [0.05, 0.1) is 0 Å². The molecule has 0 aliphatic carbocycles. The molecule has 0 heterocycles. The molecule has 0 fully saturated rings. The predicted octanol–water partition coefficient (Wildman–Crippen LogP) is 1.37. The van der Waals surface area contributed by atoms with Crippen LogP contribution in [0, 0.1) is 0 Å². The van der Waals surface area contributed by atoms with Gasteiger partial charge in [-0.15, -0.1) is 0 Å². The zero-order valence-corrected chi connectivity index (χ0v) is 12.2. The van der Waals surface area contributed by atoms with E-state index in [-0.39, 0.29) is 17.1 Å². The van der Waals surface area contributed by atoms with E-state index in [4.69, 9.17) is 9.79 Å². The van der Waals surface area contributed by atoms with E-state index in [1.54, 1.807) is 0 Å². The van der Waals surface area contributed by atoms with Crippen molar-refractivity contribution in [3.8, 4) is 0 Å². The third-order valence-corrected chi connectivity index (χ3v) is 3.32. The van der Waals surface area contributed by atoms with Gasteiger partial charge in [-0.05, 0) is 0 Å². The number of hydrogen-bond acceptors (Lipinski definition) is 4. The van der Waals surface area contributed by atoms with Gasteiger partial charge in [0, 0.05) is 0 Å². The van der Waals surface area contributed by atoms with Crippen LogP contribution in [0.1, 0.15) is 0 Å². The van der Waals surface area contributed by atoms with Gasteiger partial charge in [0.2, 0.25) is 15.2 Å². The topological polar surface area (TPSA) is 121 Å². The summed E-state index contributed by atoms with van der Waals surface area (Å²) in [5.41, 5.74) is -12.1. The van der Waals surface area contributed by atoms with E-state index in [1.165, 1.54) is 0 Å². The van der Waals surface area contributed by atoms with Crippen LogP contribution in [0.2, 0.25) is 0 Å². The van der Waals surface area contributed by atoms with Gasteiger partial charge in [-0.3, -0.25) is 0 Å². The second kappa shape index (κ2) is 7.56. The minimum Gasteiger partial charge on any atom is -0.774 e. The first-order valence-corrected chi connectivity index (χ1v) is 7.12. The molecule has 0 amide bonds. The fourth-order valence-corrected chi connectivity index (χ4v) is 0.961. The number of halogens is 10. The molecular weight excluding hydrogens is 460 g/mol. The molecule has 0 aliphatic rings. The van der Waals surface area contributed by atoms with Crippen LogP contribution in [0.4, 0.5) is 43.9 Å². The number of rotatable bonds is 2. The summed E-state index contributed by atoms with van der Waals surface area (Å²) < 4.78 is 131. The number of alkyl halides is 10. The van der Waals surface area contributed by atoms with E-state index in [1.807, 2.05) is 0 Å². The summed E-state index contributed by atoms with van der Waals surface area (Å²) >= 11 is 0. The maximum Gasteiger partial charge on any atom is 2.00 e. The van der Waals surface area contributed by atoms with E-state index in [9.17, 15) is 62.8 Å². The summed E-state index contributed by atoms with van der Waals surface area (Å²) in [5.74, 6) is 0. The molecule has 2 unspecified atom stereocenters. The minimum absolute atomic E-state index is 0. The SMILES string of the molecule is O=P([O-])(O)C(F)(F)C(F)(F)F.O=P([O-])(O)C(F)(F)C(F)(F)F.[Cu+2].